The van der Waals surface area contributed by atoms with Crippen molar-refractivity contribution in [1.82, 2.24) is 10.3 Å². The smallest absolute Gasteiger partial charge is 0.230 e. The van der Waals surface area contributed by atoms with Gasteiger partial charge in [-0.15, -0.1) is 0 Å². The lowest BCUT2D eigenvalue weighted by Gasteiger charge is -2.56. The number of carbonyl (C=O) groups is 2. The van der Waals surface area contributed by atoms with Gasteiger partial charge in [-0.3, -0.25) is 14.6 Å². The molecule has 0 radical (unpaired) electrons. The van der Waals surface area contributed by atoms with E-state index in [0.717, 1.165) is 42.6 Å². The number of rotatable bonds is 6. The molecule has 1 aromatic rings. The van der Waals surface area contributed by atoms with Crippen LogP contribution in [0.3, 0.4) is 0 Å². The van der Waals surface area contributed by atoms with Gasteiger partial charge in [-0.2, -0.15) is 5.26 Å². The molecule has 0 aromatic carbocycles. The quantitative estimate of drug-likeness (QED) is 0.676. The van der Waals surface area contributed by atoms with Gasteiger partial charge in [0.1, 0.15) is 10.8 Å². The summed E-state index contributed by atoms with van der Waals surface area (Å²) < 4.78 is 0. The van der Waals surface area contributed by atoms with Gasteiger partial charge in [-0.25, -0.2) is 4.99 Å². The van der Waals surface area contributed by atoms with E-state index in [0.29, 0.717) is 16.3 Å². The Kier molecular flexibility index (Phi) is 5.90. The average molecular weight is 463 g/mol. The first-order valence-electron chi connectivity index (χ1n) is 11.9. The number of allylic oxidation sites excluding steroid dienone is 1. The van der Waals surface area contributed by atoms with Gasteiger partial charge in [0.25, 0.3) is 0 Å². The molecule has 0 spiro atoms. The Morgan fingerprint density at radius 3 is 2.42 bits per heavy atom. The minimum absolute atomic E-state index is 0.0196. The number of aromatic nitrogens is 1. The molecule has 4 aliphatic carbocycles. The Hall–Kier alpha value is -2.46. The highest BCUT2D eigenvalue weighted by Crippen LogP contribution is 2.55. The van der Waals surface area contributed by atoms with Gasteiger partial charge in [-0.1, -0.05) is 17.8 Å². The van der Waals surface area contributed by atoms with Crippen LogP contribution in [0.25, 0.3) is 0 Å². The Bertz CT molecular complexity index is 1040. The fourth-order valence-corrected chi connectivity index (χ4v) is 8.11. The molecule has 1 aliphatic heterocycles. The highest BCUT2D eigenvalue weighted by molar-refractivity contribution is 8.03. The molecule has 5 aliphatic rings. The molecule has 6 nitrogen and oxygen atoms in total. The van der Waals surface area contributed by atoms with Crippen molar-refractivity contribution in [2.75, 3.05) is 5.75 Å². The third-order valence-corrected chi connectivity index (χ3v) is 8.98. The molecular weight excluding hydrogens is 432 g/mol. The summed E-state index contributed by atoms with van der Waals surface area (Å²) in [6, 6.07) is 6.01. The first-order chi connectivity index (χ1) is 15.9. The predicted molar refractivity (Wildman–Crippen MR) is 128 cm³/mol. The number of nitrogens with zero attached hydrogens (tertiary/aromatic N) is 3. The summed E-state index contributed by atoms with van der Waals surface area (Å²) in [5.41, 5.74) is 1.92. The van der Waals surface area contributed by atoms with Crippen molar-refractivity contribution in [3.05, 3.63) is 40.7 Å². The number of thioether (sulfide) groups is 1. The zero-order valence-electron chi connectivity index (χ0n) is 19.2. The number of aliphatic imine (C=N–C) groups is 1. The van der Waals surface area contributed by atoms with Crippen LogP contribution in [0.2, 0.25) is 0 Å². The van der Waals surface area contributed by atoms with E-state index in [1.165, 1.54) is 31.0 Å². The van der Waals surface area contributed by atoms with Crippen molar-refractivity contribution in [1.29, 1.82) is 5.26 Å². The van der Waals surface area contributed by atoms with E-state index in [1.54, 1.807) is 19.3 Å². The number of pyridine rings is 1. The third kappa shape index (κ3) is 4.26. The van der Waals surface area contributed by atoms with Crippen molar-refractivity contribution in [3.63, 3.8) is 0 Å². The van der Waals surface area contributed by atoms with Gasteiger partial charge >= 0.3 is 0 Å². The van der Waals surface area contributed by atoms with Crippen LogP contribution in [0.4, 0.5) is 0 Å². The molecule has 1 unspecified atom stereocenters. The number of nitrogens with one attached hydrogen (secondary N) is 1. The first-order valence-corrected chi connectivity index (χ1v) is 12.9. The number of ketones is 1. The fraction of sp³-hybridized carbons (Fsp3) is 0.577. The lowest BCUT2D eigenvalue weighted by atomic mass is 9.53. The van der Waals surface area contributed by atoms with E-state index in [1.807, 2.05) is 19.1 Å². The Labute approximate surface area is 199 Å². The van der Waals surface area contributed by atoms with Crippen molar-refractivity contribution >= 4 is 29.2 Å². The van der Waals surface area contributed by atoms with Gasteiger partial charge in [0.15, 0.2) is 0 Å². The second-order valence-corrected chi connectivity index (χ2v) is 11.4. The highest BCUT2D eigenvalue weighted by Gasteiger charge is 2.51. The maximum Gasteiger partial charge on any atom is 0.230 e. The zero-order chi connectivity index (χ0) is 23.2. The maximum atomic E-state index is 13.0. The molecule has 4 bridgehead atoms. The third-order valence-electron chi connectivity index (χ3n) is 7.99. The van der Waals surface area contributed by atoms with Crippen molar-refractivity contribution in [2.24, 2.45) is 28.7 Å². The summed E-state index contributed by atoms with van der Waals surface area (Å²) in [4.78, 5) is 34.3. The molecule has 2 heterocycles. The monoisotopic (exact) mass is 462 g/mol. The summed E-state index contributed by atoms with van der Waals surface area (Å²) >= 11 is 1.31. The summed E-state index contributed by atoms with van der Waals surface area (Å²) in [5, 5.41) is 14.0. The highest BCUT2D eigenvalue weighted by atomic mass is 32.2. The van der Waals surface area contributed by atoms with Gasteiger partial charge < -0.3 is 5.32 Å². The van der Waals surface area contributed by atoms with Crippen LogP contribution in [0.5, 0.6) is 0 Å². The largest absolute Gasteiger partial charge is 0.350 e. The summed E-state index contributed by atoms with van der Waals surface area (Å²) in [5.74, 6) is 1.61. The first kappa shape index (κ1) is 22.3. The minimum atomic E-state index is -0.492. The number of hydrogen-bond acceptors (Lipinski definition) is 6. The van der Waals surface area contributed by atoms with Crippen LogP contribution in [0.15, 0.2) is 40.1 Å². The Balaban J connectivity index is 1.34. The van der Waals surface area contributed by atoms with Crippen molar-refractivity contribution in [3.8, 4) is 6.07 Å². The van der Waals surface area contributed by atoms with Gasteiger partial charge in [0.05, 0.1) is 23.3 Å². The molecule has 4 fully saturated rings. The van der Waals surface area contributed by atoms with Gasteiger partial charge in [0, 0.05) is 29.6 Å². The molecule has 1 aromatic heterocycles. The molecule has 1 N–H and O–H groups in total. The second kappa shape index (κ2) is 8.72. The van der Waals surface area contributed by atoms with E-state index in [-0.39, 0.29) is 23.0 Å². The number of nitriles is 1. The van der Waals surface area contributed by atoms with E-state index >= 15 is 0 Å². The van der Waals surface area contributed by atoms with Crippen LogP contribution in [-0.2, 0) is 9.59 Å². The van der Waals surface area contributed by atoms with Gasteiger partial charge in [-0.05, 0) is 81.8 Å². The molecule has 2 atom stereocenters. The van der Waals surface area contributed by atoms with E-state index in [2.05, 4.69) is 21.4 Å². The van der Waals surface area contributed by atoms with E-state index in [9.17, 15) is 14.9 Å². The van der Waals surface area contributed by atoms with Crippen LogP contribution < -0.4 is 5.32 Å². The average Bonchev–Trinajstić information content (AvgIpc) is 2.76. The minimum Gasteiger partial charge on any atom is -0.350 e. The van der Waals surface area contributed by atoms with E-state index < -0.39 is 11.8 Å². The molecule has 33 heavy (non-hydrogen) atoms. The van der Waals surface area contributed by atoms with Crippen LogP contribution in [0, 0.1) is 35.0 Å². The van der Waals surface area contributed by atoms with Gasteiger partial charge in [0.2, 0.25) is 5.91 Å². The Morgan fingerprint density at radius 2 is 1.88 bits per heavy atom. The second-order valence-electron chi connectivity index (χ2n) is 10.5. The molecular formula is C26H30N4O2S. The topological polar surface area (TPSA) is 95.2 Å². The number of carbonyl (C=O) groups excluding carboxylic acids is 2. The normalized spacial score (nSPS) is 34.6. The maximum absolute atomic E-state index is 13.0. The van der Waals surface area contributed by atoms with Crippen LogP contribution in [0.1, 0.15) is 63.9 Å². The van der Waals surface area contributed by atoms with E-state index in [4.69, 9.17) is 0 Å². The van der Waals surface area contributed by atoms with Crippen LogP contribution in [-0.4, -0.2) is 33.7 Å². The van der Waals surface area contributed by atoms with Crippen molar-refractivity contribution in [2.45, 2.75) is 63.8 Å². The summed E-state index contributed by atoms with van der Waals surface area (Å²) in [6.45, 7) is 3.37. The predicted octanol–water partition coefficient (Wildman–Crippen LogP) is 4.40. The Morgan fingerprint density at radius 1 is 1.21 bits per heavy atom. The standard InChI is InChI=1S/C26H30N4O2S/c1-15-23(16(2)31)24(20-4-3-5-28-13-20)21(12-27)25(29-15)33-14-22(32)30-26-9-17-6-18(10-26)8-19(7-17)11-26/h3-5,13,17-19,23-24H,6-11,14H2,1-2H3,(H,30,32)/t17?,18?,19?,23?,24-,26?/m0/s1. The number of hydrogen-bond donors (Lipinski definition) is 1. The lowest BCUT2D eigenvalue weighted by molar-refractivity contribution is -0.124. The molecule has 6 rings (SSSR count). The molecule has 1 amide bonds. The van der Waals surface area contributed by atoms with Crippen LogP contribution >= 0.6 is 11.8 Å². The lowest BCUT2D eigenvalue weighted by Crippen LogP contribution is -2.60. The SMILES string of the molecule is CC(=O)C1C(C)=NC(SCC(=O)NC23CC4CC(CC(C4)C2)C3)=C(C#N)[C@@H]1c1cccnc1. The number of amides is 1. The molecule has 172 valence electrons. The molecule has 7 heteroatoms. The molecule has 4 saturated carbocycles. The van der Waals surface area contributed by atoms with Crippen molar-refractivity contribution < 1.29 is 9.59 Å². The molecule has 0 saturated heterocycles. The fourth-order valence-electron chi connectivity index (χ4n) is 7.24. The summed E-state index contributed by atoms with van der Waals surface area (Å²) in [7, 11) is 0. The summed E-state index contributed by atoms with van der Waals surface area (Å²) in [6.07, 6.45) is 10.7. The number of Topliss-reactive ketones (excluding diaryl/α,β-unsaturated/α-hetero) is 1. The zero-order valence-corrected chi connectivity index (χ0v) is 20.0.